The number of carbonyl (C=O) groups is 1. The number of anilines is 3. The summed E-state index contributed by atoms with van der Waals surface area (Å²) in [4.78, 5) is 24.2. The van der Waals surface area contributed by atoms with E-state index in [0.717, 1.165) is 0 Å². The third-order valence-electron chi connectivity index (χ3n) is 3.25. The molecule has 23 heavy (non-hydrogen) atoms. The smallest absolute Gasteiger partial charge is 0.234 e. The van der Waals surface area contributed by atoms with Crippen LogP contribution in [-0.2, 0) is 4.79 Å². The fourth-order valence-electron chi connectivity index (χ4n) is 1.88. The van der Waals surface area contributed by atoms with Crippen LogP contribution in [0.4, 0.5) is 17.5 Å². The first kappa shape index (κ1) is 15.8. The molecule has 1 amide bonds. The largest absolute Gasteiger partial charge is 0.489 e. The number of halogens is 2. The lowest BCUT2D eigenvalue weighted by Crippen LogP contribution is -2.33. The van der Waals surface area contributed by atoms with E-state index >= 15 is 0 Å². The van der Waals surface area contributed by atoms with Gasteiger partial charge in [-0.3, -0.25) is 4.79 Å². The molecule has 0 saturated heterocycles. The number of hydrogen-bond acceptors (Lipinski definition) is 6. The number of amides is 1. The molecule has 7 nitrogen and oxygen atoms in total. The summed E-state index contributed by atoms with van der Waals surface area (Å²) in [7, 11) is 0. The summed E-state index contributed by atoms with van der Waals surface area (Å²) in [6.45, 7) is 3.87. The van der Waals surface area contributed by atoms with Gasteiger partial charge in [0, 0.05) is 0 Å². The molecule has 0 unspecified atom stereocenters. The van der Waals surface area contributed by atoms with Gasteiger partial charge >= 0.3 is 0 Å². The Bertz CT molecular complexity index is 782. The second-order valence-electron chi connectivity index (χ2n) is 5.63. The standard InChI is InChI=1S/C14H13Cl2N5O2/c1-14(2)6-23-8-3-4-9(19-11(8)20-12(14)22)18-10-7(15)5-17-13(16)21-10/h3-5H,6H2,1-2H3,(H2,17,18,19,20,21,22). The number of nitrogens with zero attached hydrogens (tertiary/aromatic N) is 3. The Balaban J connectivity index is 1.90. The van der Waals surface area contributed by atoms with Gasteiger partial charge < -0.3 is 15.4 Å². The molecule has 0 aliphatic carbocycles. The average molecular weight is 354 g/mol. The van der Waals surface area contributed by atoms with Gasteiger partial charge in [0.05, 0.1) is 11.6 Å². The van der Waals surface area contributed by atoms with Crippen LogP contribution in [0.1, 0.15) is 13.8 Å². The molecule has 0 saturated carbocycles. The molecule has 9 heteroatoms. The van der Waals surface area contributed by atoms with Crippen molar-refractivity contribution in [1.82, 2.24) is 15.0 Å². The van der Waals surface area contributed by atoms with Crippen molar-refractivity contribution in [1.29, 1.82) is 0 Å². The summed E-state index contributed by atoms with van der Waals surface area (Å²) < 4.78 is 5.64. The summed E-state index contributed by atoms with van der Waals surface area (Å²) in [5.74, 6) is 1.43. The van der Waals surface area contributed by atoms with Crippen LogP contribution >= 0.6 is 23.2 Å². The molecule has 3 rings (SSSR count). The van der Waals surface area contributed by atoms with Gasteiger partial charge in [0.2, 0.25) is 11.2 Å². The maximum atomic E-state index is 12.2. The van der Waals surface area contributed by atoms with E-state index in [1.54, 1.807) is 26.0 Å². The molecule has 0 aromatic carbocycles. The summed E-state index contributed by atoms with van der Waals surface area (Å²) in [6.07, 6.45) is 1.38. The van der Waals surface area contributed by atoms with Crippen molar-refractivity contribution < 1.29 is 9.53 Å². The minimum atomic E-state index is -0.641. The van der Waals surface area contributed by atoms with Gasteiger partial charge in [0.25, 0.3) is 0 Å². The first-order valence-corrected chi connectivity index (χ1v) is 7.51. The molecule has 0 spiro atoms. The number of ether oxygens (including phenoxy) is 1. The Hall–Kier alpha value is -2.12. The second-order valence-corrected chi connectivity index (χ2v) is 6.38. The number of rotatable bonds is 2. The van der Waals surface area contributed by atoms with Crippen LogP contribution < -0.4 is 15.4 Å². The highest BCUT2D eigenvalue weighted by atomic mass is 35.5. The lowest BCUT2D eigenvalue weighted by molar-refractivity contribution is -0.124. The van der Waals surface area contributed by atoms with Crippen LogP contribution in [0.3, 0.4) is 0 Å². The highest BCUT2D eigenvalue weighted by Gasteiger charge is 2.33. The van der Waals surface area contributed by atoms with E-state index in [-0.39, 0.29) is 17.8 Å². The van der Waals surface area contributed by atoms with Crippen molar-refractivity contribution in [2.24, 2.45) is 5.41 Å². The van der Waals surface area contributed by atoms with Crippen molar-refractivity contribution in [3.8, 4) is 5.75 Å². The summed E-state index contributed by atoms with van der Waals surface area (Å²) in [6, 6.07) is 3.40. The lowest BCUT2D eigenvalue weighted by atomic mass is 9.94. The van der Waals surface area contributed by atoms with Crippen LogP contribution in [0.25, 0.3) is 0 Å². The Morgan fingerprint density at radius 3 is 2.87 bits per heavy atom. The second kappa shape index (κ2) is 5.82. The SMILES string of the molecule is CC1(C)COc2ccc(Nc3nc(Cl)ncc3Cl)nc2NC1=O. The lowest BCUT2D eigenvalue weighted by Gasteiger charge is -2.18. The molecule has 0 radical (unpaired) electrons. The maximum Gasteiger partial charge on any atom is 0.234 e. The van der Waals surface area contributed by atoms with Crippen LogP contribution in [0.2, 0.25) is 10.3 Å². The third-order valence-corrected chi connectivity index (χ3v) is 3.71. The van der Waals surface area contributed by atoms with Gasteiger partial charge in [-0.15, -0.1) is 0 Å². The van der Waals surface area contributed by atoms with E-state index < -0.39 is 5.41 Å². The Kier molecular flexibility index (Phi) is 3.99. The van der Waals surface area contributed by atoms with E-state index in [0.29, 0.717) is 28.2 Å². The third kappa shape index (κ3) is 3.30. The monoisotopic (exact) mass is 353 g/mol. The first-order valence-electron chi connectivity index (χ1n) is 6.75. The number of hydrogen-bond donors (Lipinski definition) is 2. The predicted molar refractivity (Wildman–Crippen MR) is 87.5 cm³/mol. The normalized spacial score (nSPS) is 15.9. The zero-order valence-corrected chi connectivity index (χ0v) is 13.9. The zero-order valence-electron chi connectivity index (χ0n) is 12.4. The number of carbonyl (C=O) groups excluding carboxylic acids is 1. The molecule has 2 aromatic rings. The molecule has 1 aliphatic heterocycles. The summed E-state index contributed by atoms with van der Waals surface area (Å²) >= 11 is 11.8. The van der Waals surface area contributed by atoms with Crippen LogP contribution in [0.5, 0.6) is 5.75 Å². The van der Waals surface area contributed by atoms with Crippen molar-refractivity contribution >= 4 is 46.6 Å². The minimum Gasteiger partial charge on any atom is -0.489 e. The van der Waals surface area contributed by atoms with E-state index in [4.69, 9.17) is 27.9 Å². The zero-order chi connectivity index (χ0) is 16.6. The minimum absolute atomic E-state index is 0.0602. The molecule has 0 bridgehead atoms. The fourth-order valence-corrected chi connectivity index (χ4v) is 2.15. The summed E-state index contributed by atoms with van der Waals surface area (Å²) in [5, 5.41) is 6.05. The molecule has 0 atom stereocenters. The number of fused-ring (bicyclic) bond motifs is 1. The van der Waals surface area contributed by atoms with Gasteiger partial charge in [-0.1, -0.05) is 11.6 Å². The van der Waals surface area contributed by atoms with E-state index in [2.05, 4.69) is 25.6 Å². The fraction of sp³-hybridized carbons (Fsp3) is 0.286. The van der Waals surface area contributed by atoms with Crippen molar-refractivity contribution in [3.63, 3.8) is 0 Å². The topological polar surface area (TPSA) is 89.0 Å². The highest BCUT2D eigenvalue weighted by molar-refractivity contribution is 6.33. The Labute approximate surface area is 142 Å². The highest BCUT2D eigenvalue weighted by Crippen LogP contribution is 2.32. The number of nitrogens with one attached hydrogen (secondary N) is 2. The quantitative estimate of drug-likeness (QED) is 0.805. The van der Waals surface area contributed by atoms with Gasteiger partial charge in [-0.2, -0.15) is 4.98 Å². The van der Waals surface area contributed by atoms with Gasteiger partial charge in [-0.25, -0.2) is 9.97 Å². The number of aromatic nitrogens is 3. The average Bonchev–Trinajstić information content (AvgIpc) is 2.60. The molecule has 2 aromatic heterocycles. The van der Waals surface area contributed by atoms with Crippen molar-refractivity contribution in [3.05, 3.63) is 28.6 Å². The van der Waals surface area contributed by atoms with E-state index in [9.17, 15) is 4.79 Å². The summed E-state index contributed by atoms with van der Waals surface area (Å²) in [5.41, 5.74) is -0.641. The maximum absolute atomic E-state index is 12.2. The molecule has 2 N–H and O–H groups in total. The number of pyridine rings is 1. The van der Waals surface area contributed by atoms with Gasteiger partial charge in [0.15, 0.2) is 17.4 Å². The molecule has 120 valence electrons. The van der Waals surface area contributed by atoms with Crippen LogP contribution in [0.15, 0.2) is 18.3 Å². The van der Waals surface area contributed by atoms with Gasteiger partial charge in [-0.05, 0) is 37.6 Å². The first-order chi connectivity index (χ1) is 10.8. The van der Waals surface area contributed by atoms with E-state index in [1.165, 1.54) is 6.20 Å². The molecule has 1 aliphatic rings. The van der Waals surface area contributed by atoms with Crippen molar-refractivity contribution in [2.45, 2.75) is 13.8 Å². The van der Waals surface area contributed by atoms with Crippen molar-refractivity contribution in [2.75, 3.05) is 17.2 Å². The van der Waals surface area contributed by atoms with Crippen LogP contribution in [-0.4, -0.2) is 27.5 Å². The molecule has 0 fully saturated rings. The predicted octanol–water partition coefficient (Wildman–Crippen LogP) is 3.28. The molecule has 3 heterocycles. The van der Waals surface area contributed by atoms with Gasteiger partial charge in [0.1, 0.15) is 17.4 Å². The molecular weight excluding hydrogens is 341 g/mol. The van der Waals surface area contributed by atoms with E-state index in [1.807, 2.05) is 0 Å². The Morgan fingerprint density at radius 1 is 1.30 bits per heavy atom. The Morgan fingerprint density at radius 2 is 2.09 bits per heavy atom. The molecular formula is C14H13Cl2N5O2. The van der Waals surface area contributed by atoms with Crippen LogP contribution in [0, 0.1) is 5.41 Å².